The van der Waals surface area contributed by atoms with E-state index in [4.69, 9.17) is 4.74 Å². The highest BCUT2D eigenvalue weighted by Gasteiger charge is 2.44. The van der Waals surface area contributed by atoms with Crippen LogP contribution in [0.2, 0.25) is 0 Å². The number of carbonyl (C=O) groups is 1. The Balaban J connectivity index is 1.86. The first-order chi connectivity index (χ1) is 7.34. The maximum atomic E-state index is 11.2. The van der Waals surface area contributed by atoms with E-state index in [9.17, 15) is 4.79 Å². The van der Waals surface area contributed by atoms with Crippen molar-refractivity contribution < 1.29 is 9.53 Å². The van der Waals surface area contributed by atoms with Crippen LogP contribution in [0.4, 0.5) is 0 Å². The predicted octanol–water partition coefficient (Wildman–Crippen LogP) is 2.46. The summed E-state index contributed by atoms with van der Waals surface area (Å²) in [5, 5.41) is 0. The molecule has 0 amide bonds. The molecule has 0 aromatic carbocycles. The van der Waals surface area contributed by atoms with Gasteiger partial charge in [0.05, 0.1) is 0 Å². The maximum Gasteiger partial charge on any atom is 0.330 e. The van der Waals surface area contributed by atoms with Crippen molar-refractivity contribution in [1.29, 1.82) is 0 Å². The Hall–Kier alpha value is -1.05. The van der Waals surface area contributed by atoms with Gasteiger partial charge in [-0.15, -0.1) is 0 Å². The van der Waals surface area contributed by atoms with Crippen molar-refractivity contribution in [3.05, 3.63) is 24.3 Å². The molecule has 0 radical (unpaired) electrons. The summed E-state index contributed by atoms with van der Waals surface area (Å²) in [7, 11) is 0. The Morgan fingerprint density at radius 2 is 2.20 bits per heavy atom. The fourth-order valence-corrected chi connectivity index (χ4v) is 3.26. The van der Waals surface area contributed by atoms with Crippen LogP contribution in [-0.2, 0) is 9.53 Å². The smallest absolute Gasteiger partial charge is 0.330 e. The largest absolute Gasteiger partial charge is 0.458 e. The molecule has 1 fully saturated rings. The topological polar surface area (TPSA) is 26.3 Å². The van der Waals surface area contributed by atoms with E-state index >= 15 is 0 Å². The van der Waals surface area contributed by atoms with Crippen LogP contribution in [0.1, 0.15) is 25.7 Å². The second kappa shape index (κ2) is 3.51. The second-order valence-corrected chi connectivity index (χ2v) is 4.85. The minimum absolute atomic E-state index is 0.148. The van der Waals surface area contributed by atoms with E-state index in [1.807, 2.05) is 0 Å². The lowest BCUT2D eigenvalue weighted by Gasteiger charge is -2.26. The van der Waals surface area contributed by atoms with Crippen molar-refractivity contribution in [3.63, 3.8) is 0 Å². The molecule has 0 aromatic heterocycles. The van der Waals surface area contributed by atoms with Crippen LogP contribution >= 0.6 is 0 Å². The molecule has 0 unspecified atom stereocenters. The van der Waals surface area contributed by atoms with Crippen LogP contribution in [0.25, 0.3) is 0 Å². The van der Waals surface area contributed by atoms with E-state index in [1.165, 1.54) is 19.3 Å². The SMILES string of the molecule is O=C1C=C[C@H]2C[C@H]3C=CCCC[C@@H]3[C@H]2O1. The number of rotatable bonds is 0. The summed E-state index contributed by atoms with van der Waals surface area (Å²) in [6.45, 7) is 0. The van der Waals surface area contributed by atoms with Gasteiger partial charge in [0.1, 0.15) is 6.10 Å². The molecule has 15 heavy (non-hydrogen) atoms. The molecule has 0 saturated heterocycles. The van der Waals surface area contributed by atoms with Gasteiger partial charge in [-0.3, -0.25) is 0 Å². The van der Waals surface area contributed by atoms with E-state index in [2.05, 4.69) is 18.2 Å². The van der Waals surface area contributed by atoms with Crippen molar-refractivity contribution in [3.8, 4) is 0 Å². The van der Waals surface area contributed by atoms with Gasteiger partial charge in [-0.25, -0.2) is 4.79 Å². The van der Waals surface area contributed by atoms with Crippen LogP contribution < -0.4 is 0 Å². The average molecular weight is 204 g/mol. The Labute approximate surface area is 90.0 Å². The molecule has 0 N–H and O–H groups in total. The number of ether oxygens (including phenoxy) is 1. The molecule has 2 aliphatic carbocycles. The van der Waals surface area contributed by atoms with E-state index in [1.54, 1.807) is 6.08 Å². The summed E-state index contributed by atoms with van der Waals surface area (Å²) in [6.07, 6.45) is 13.3. The van der Waals surface area contributed by atoms with Gasteiger partial charge < -0.3 is 4.74 Å². The minimum atomic E-state index is -0.148. The molecule has 1 saturated carbocycles. The van der Waals surface area contributed by atoms with E-state index in [-0.39, 0.29) is 12.1 Å². The highest BCUT2D eigenvalue weighted by atomic mass is 16.5. The summed E-state index contributed by atoms with van der Waals surface area (Å²) in [4.78, 5) is 11.2. The van der Waals surface area contributed by atoms with Gasteiger partial charge in [0.15, 0.2) is 0 Å². The Morgan fingerprint density at radius 3 is 3.13 bits per heavy atom. The van der Waals surface area contributed by atoms with Crippen molar-refractivity contribution in [2.45, 2.75) is 31.8 Å². The number of carbonyl (C=O) groups excluding carboxylic acids is 1. The van der Waals surface area contributed by atoms with Crippen molar-refractivity contribution in [2.75, 3.05) is 0 Å². The Bertz CT molecular complexity index is 329. The first-order valence-corrected chi connectivity index (χ1v) is 5.90. The van der Waals surface area contributed by atoms with E-state index in [0.717, 1.165) is 6.42 Å². The zero-order valence-corrected chi connectivity index (χ0v) is 8.76. The molecular formula is C13H16O2. The van der Waals surface area contributed by atoms with Gasteiger partial charge >= 0.3 is 5.97 Å². The molecule has 1 aliphatic heterocycles. The quantitative estimate of drug-likeness (QED) is 0.447. The van der Waals surface area contributed by atoms with Crippen LogP contribution in [0.15, 0.2) is 24.3 Å². The van der Waals surface area contributed by atoms with Crippen molar-refractivity contribution in [1.82, 2.24) is 0 Å². The molecule has 0 aromatic rings. The number of fused-ring (bicyclic) bond motifs is 3. The number of hydrogen-bond donors (Lipinski definition) is 0. The molecule has 3 aliphatic rings. The van der Waals surface area contributed by atoms with Gasteiger partial charge in [-0.2, -0.15) is 0 Å². The fourth-order valence-electron chi connectivity index (χ4n) is 3.26. The lowest BCUT2D eigenvalue weighted by atomic mass is 9.91. The van der Waals surface area contributed by atoms with Crippen LogP contribution in [-0.4, -0.2) is 12.1 Å². The highest BCUT2D eigenvalue weighted by molar-refractivity contribution is 5.83. The molecule has 4 atom stereocenters. The predicted molar refractivity (Wildman–Crippen MR) is 57.1 cm³/mol. The Kier molecular flexibility index (Phi) is 2.15. The number of hydrogen-bond acceptors (Lipinski definition) is 2. The first-order valence-electron chi connectivity index (χ1n) is 5.90. The summed E-state index contributed by atoms with van der Waals surface area (Å²) in [5.74, 6) is 1.53. The van der Waals surface area contributed by atoms with Gasteiger partial charge in [0.25, 0.3) is 0 Å². The molecule has 0 spiro atoms. The summed E-state index contributed by atoms with van der Waals surface area (Å²) >= 11 is 0. The summed E-state index contributed by atoms with van der Waals surface area (Å²) < 4.78 is 5.48. The third-order valence-corrected chi connectivity index (χ3v) is 3.96. The zero-order chi connectivity index (χ0) is 10.3. The normalized spacial score (nSPS) is 43.1. The van der Waals surface area contributed by atoms with Crippen LogP contribution in [0.3, 0.4) is 0 Å². The molecule has 2 nitrogen and oxygen atoms in total. The number of allylic oxidation sites excluding steroid dienone is 2. The third kappa shape index (κ3) is 1.52. The van der Waals surface area contributed by atoms with Gasteiger partial charge in [0.2, 0.25) is 0 Å². The van der Waals surface area contributed by atoms with Gasteiger partial charge in [0, 0.05) is 17.9 Å². The average Bonchev–Trinajstić information content (AvgIpc) is 2.44. The van der Waals surface area contributed by atoms with Gasteiger partial charge in [-0.05, 0) is 31.6 Å². The minimum Gasteiger partial charge on any atom is -0.458 e. The molecule has 1 heterocycles. The third-order valence-electron chi connectivity index (χ3n) is 3.96. The lowest BCUT2D eigenvalue weighted by molar-refractivity contribution is -0.148. The molecule has 80 valence electrons. The Morgan fingerprint density at radius 1 is 1.27 bits per heavy atom. The van der Waals surface area contributed by atoms with Crippen molar-refractivity contribution in [2.24, 2.45) is 17.8 Å². The molecule has 0 bridgehead atoms. The summed E-state index contributed by atoms with van der Waals surface area (Å²) in [5.41, 5.74) is 0. The number of esters is 1. The molecule has 3 rings (SSSR count). The maximum absolute atomic E-state index is 11.2. The van der Waals surface area contributed by atoms with Crippen molar-refractivity contribution >= 4 is 5.97 Å². The first kappa shape index (κ1) is 9.20. The monoisotopic (exact) mass is 204 g/mol. The highest BCUT2D eigenvalue weighted by Crippen LogP contribution is 2.45. The van der Waals surface area contributed by atoms with E-state index < -0.39 is 0 Å². The summed E-state index contributed by atoms with van der Waals surface area (Å²) in [6, 6.07) is 0. The van der Waals surface area contributed by atoms with Gasteiger partial charge in [-0.1, -0.05) is 18.2 Å². The standard InChI is InChI=1S/C13H16O2/c14-12-7-6-10-8-9-4-2-1-3-5-11(9)13(10)15-12/h2,4,6-7,9-11,13H,1,3,5,8H2/t9-,10+,11+,13+/m1/s1. The second-order valence-electron chi connectivity index (χ2n) is 4.85. The van der Waals surface area contributed by atoms with E-state index in [0.29, 0.717) is 17.8 Å². The molecule has 2 heteroatoms. The fraction of sp³-hybridized carbons (Fsp3) is 0.615. The molecular weight excluding hydrogens is 188 g/mol. The van der Waals surface area contributed by atoms with Crippen LogP contribution in [0, 0.1) is 17.8 Å². The zero-order valence-electron chi connectivity index (χ0n) is 8.76. The lowest BCUT2D eigenvalue weighted by Crippen LogP contribution is -2.30. The van der Waals surface area contributed by atoms with Crippen LogP contribution in [0.5, 0.6) is 0 Å².